The molecule has 2 aromatic rings. The summed E-state index contributed by atoms with van der Waals surface area (Å²) < 4.78 is 20.6. The zero-order chi connectivity index (χ0) is 22.3. The van der Waals surface area contributed by atoms with Crippen LogP contribution in [-0.4, -0.2) is 54.7 Å². The van der Waals surface area contributed by atoms with Crippen molar-refractivity contribution in [2.75, 3.05) is 32.1 Å². The van der Waals surface area contributed by atoms with Crippen molar-refractivity contribution in [2.24, 2.45) is 0 Å². The first-order valence-corrected chi connectivity index (χ1v) is 11.0. The number of rotatable bonds is 4. The minimum Gasteiger partial charge on any atom is -0.444 e. The van der Waals surface area contributed by atoms with Crippen molar-refractivity contribution in [1.82, 2.24) is 15.2 Å². The van der Waals surface area contributed by atoms with Gasteiger partial charge >= 0.3 is 6.09 Å². The fourth-order valence-corrected chi connectivity index (χ4v) is 4.45. The molecule has 0 spiro atoms. The van der Waals surface area contributed by atoms with E-state index in [0.717, 1.165) is 0 Å². The van der Waals surface area contributed by atoms with Gasteiger partial charge in [0, 0.05) is 25.2 Å². The molecule has 0 atom stereocenters. The molecule has 2 amide bonds. The Kier molecular flexibility index (Phi) is 6.10. The Morgan fingerprint density at radius 1 is 1.33 bits per heavy atom. The van der Waals surface area contributed by atoms with Gasteiger partial charge in [-0.3, -0.25) is 4.79 Å². The summed E-state index contributed by atoms with van der Waals surface area (Å²) >= 11 is 4.68. The van der Waals surface area contributed by atoms with Gasteiger partial charge in [0.2, 0.25) is 0 Å². The molecule has 0 unspecified atom stereocenters. The lowest BCUT2D eigenvalue weighted by Gasteiger charge is -2.48. The van der Waals surface area contributed by atoms with Crippen LogP contribution in [0.5, 0.6) is 0 Å². The van der Waals surface area contributed by atoms with Gasteiger partial charge in [0.05, 0.1) is 18.7 Å². The molecule has 0 saturated carbocycles. The van der Waals surface area contributed by atoms with Crippen LogP contribution in [0.15, 0.2) is 28.2 Å². The summed E-state index contributed by atoms with van der Waals surface area (Å²) in [5.41, 5.74) is -0.939. The summed E-state index contributed by atoms with van der Waals surface area (Å²) in [6.07, 6.45) is -0.468. The third-order valence-electron chi connectivity index (χ3n) is 4.53. The molecule has 162 valence electrons. The molecule has 1 saturated heterocycles. The lowest BCUT2D eigenvalue weighted by atomic mass is 9.90. The Hall–Kier alpha value is -2.20. The average Bonchev–Trinajstić information content (AvgIpc) is 3.02. The number of anilines is 1. The third-order valence-corrected chi connectivity index (χ3v) is 6.28. The monoisotopic (exact) mass is 498 g/mol. The van der Waals surface area contributed by atoms with E-state index in [0.29, 0.717) is 15.3 Å². The molecule has 1 aromatic heterocycles. The standard InChI is InChI=1S/C20H24BrFN4O3S/c1-19(2,3)29-18(28)26-10-20(11-26,17-23-15(21)9-30-17)24-16(27)13-7-6-12(25(4)5)8-14(13)22/h6-9H,10-11H2,1-5H3,(H,24,27). The highest BCUT2D eigenvalue weighted by atomic mass is 79.9. The minimum absolute atomic E-state index is 0.0636. The highest BCUT2D eigenvalue weighted by molar-refractivity contribution is 9.10. The van der Waals surface area contributed by atoms with Crippen molar-refractivity contribution in [1.29, 1.82) is 0 Å². The largest absolute Gasteiger partial charge is 0.444 e. The molecule has 2 heterocycles. The molecule has 0 bridgehead atoms. The highest BCUT2D eigenvalue weighted by Gasteiger charge is 2.51. The van der Waals surface area contributed by atoms with Crippen molar-refractivity contribution in [3.8, 4) is 0 Å². The summed E-state index contributed by atoms with van der Waals surface area (Å²) in [6.45, 7) is 5.74. The van der Waals surface area contributed by atoms with Crippen LogP contribution in [-0.2, 0) is 10.3 Å². The number of nitrogens with zero attached hydrogens (tertiary/aromatic N) is 3. The Bertz CT molecular complexity index is 967. The molecule has 1 aliphatic heterocycles. The van der Waals surface area contributed by atoms with E-state index in [1.165, 1.54) is 28.4 Å². The Labute approximate surface area is 187 Å². The number of carbonyl (C=O) groups excluding carboxylic acids is 2. The molecular formula is C20H24BrFN4O3S. The number of thiazole rings is 1. The summed E-state index contributed by atoms with van der Waals surface area (Å²) in [5, 5.41) is 5.33. The van der Waals surface area contributed by atoms with Crippen LogP contribution < -0.4 is 10.2 Å². The van der Waals surface area contributed by atoms with Crippen LogP contribution in [0, 0.1) is 5.82 Å². The minimum atomic E-state index is -0.905. The predicted molar refractivity (Wildman–Crippen MR) is 117 cm³/mol. The van der Waals surface area contributed by atoms with Crippen molar-refractivity contribution in [2.45, 2.75) is 31.9 Å². The van der Waals surface area contributed by atoms with Crippen molar-refractivity contribution >= 4 is 45.0 Å². The third kappa shape index (κ3) is 4.75. The zero-order valence-electron chi connectivity index (χ0n) is 17.5. The first-order valence-electron chi connectivity index (χ1n) is 9.29. The van der Waals surface area contributed by atoms with Gasteiger partial charge in [-0.25, -0.2) is 14.2 Å². The number of amides is 2. The summed E-state index contributed by atoms with van der Waals surface area (Å²) in [5.74, 6) is -1.18. The molecule has 0 radical (unpaired) electrons. The van der Waals surface area contributed by atoms with E-state index in [1.54, 1.807) is 51.2 Å². The molecule has 7 nitrogen and oxygen atoms in total. The second-order valence-electron chi connectivity index (χ2n) is 8.41. The summed E-state index contributed by atoms with van der Waals surface area (Å²) in [7, 11) is 3.59. The van der Waals surface area contributed by atoms with Crippen LogP contribution in [0.25, 0.3) is 0 Å². The molecular weight excluding hydrogens is 475 g/mol. The molecule has 10 heteroatoms. The van der Waals surface area contributed by atoms with E-state index in [-0.39, 0.29) is 18.7 Å². The number of carbonyl (C=O) groups is 2. The van der Waals surface area contributed by atoms with Gasteiger partial charge in [-0.05, 0) is 54.9 Å². The van der Waals surface area contributed by atoms with Gasteiger partial charge in [0.25, 0.3) is 5.91 Å². The molecule has 0 aliphatic carbocycles. The second kappa shape index (κ2) is 8.14. The maximum atomic E-state index is 14.6. The number of hydrogen-bond acceptors (Lipinski definition) is 6. The van der Waals surface area contributed by atoms with Gasteiger partial charge in [-0.15, -0.1) is 11.3 Å². The number of nitrogens with one attached hydrogen (secondary N) is 1. The number of hydrogen-bond donors (Lipinski definition) is 1. The van der Waals surface area contributed by atoms with Crippen molar-refractivity contribution < 1.29 is 18.7 Å². The number of aromatic nitrogens is 1. The molecule has 1 N–H and O–H groups in total. The van der Waals surface area contributed by atoms with Crippen LogP contribution >= 0.6 is 27.3 Å². The van der Waals surface area contributed by atoms with Crippen molar-refractivity contribution in [3.63, 3.8) is 0 Å². The Morgan fingerprint density at radius 3 is 2.50 bits per heavy atom. The van der Waals surface area contributed by atoms with E-state index < -0.39 is 29.0 Å². The van der Waals surface area contributed by atoms with Gasteiger partial charge < -0.3 is 19.9 Å². The van der Waals surface area contributed by atoms with Crippen molar-refractivity contribution in [3.05, 3.63) is 44.6 Å². The average molecular weight is 499 g/mol. The number of likely N-dealkylation sites (tertiary alicyclic amines) is 1. The zero-order valence-corrected chi connectivity index (χ0v) is 19.9. The fraction of sp³-hybridized carbons (Fsp3) is 0.450. The fourth-order valence-electron chi connectivity index (χ4n) is 3.05. The van der Waals surface area contributed by atoms with Crippen LogP contribution in [0.1, 0.15) is 36.1 Å². The lowest BCUT2D eigenvalue weighted by molar-refractivity contribution is -0.0169. The van der Waals surface area contributed by atoms with Crippen LogP contribution in [0.3, 0.4) is 0 Å². The molecule has 3 rings (SSSR count). The predicted octanol–water partition coefficient (Wildman–Crippen LogP) is 3.99. The molecule has 1 fully saturated rings. The maximum Gasteiger partial charge on any atom is 0.410 e. The second-order valence-corrected chi connectivity index (χ2v) is 10.1. The first-order chi connectivity index (χ1) is 13.9. The normalized spacial score (nSPS) is 15.4. The lowest BCUT2D eigenvalue weighted by Crippen LogP contribution is -2.69. The van der Waals surface area contributed by atoms with Gasteiger partial charge in [0.15, 0.2) is 0 Å². The summed E-state index contributed by atoms with van der Waals surface area (Å²) in [6, 6.07) is 4.45. The molecule has 30 heavy (non-hydrogen) atoms. The smallest absolute Gasteiger partial charge is 0.410 e. The molecule has 1 aliphatic rings. The van der Waals surface area contributed by atoms with Crippen LogP contribution in [0.2, 0.25) is 0 Å². The van der Waals surface area contributed by atoms with E-state index in [2.05, 4.69) is 26.2 Å². The maximum absolute atomic E-state index is 14.6. The number of halogens is 2. The molecule has 1 aromatic carbocycles. The van der Waals surface area contributed by atoms with E-state index in [1.807, 2.05) is 0 Å². The highest BCUT2D eigenvalue weighted by Crippen LogP contribution is 2.36. The quantitative estimate of drug-likeness (QED) is 0.689. The first kappa shape index (κ1) is 22.5. The van der Waals surface area contributed by atoms with Gasteiger partial charge in [0.1, 0.15) is 26.6 Å². The topological polar surface area (TPSA) is 74.8 Å². The van der Waals surface area contributed by atoms with E-state index >= 15 is 0 Å². The van der Waals surface area contributed by atoms with E-state index in [4.69, 9.17) is 4.74 Å². The number of benzene rings is 1. The van der Waals surface area contributed by atoms with Gasteiger partial charge in [-0.2, -0.15) is 0 Å². The van der Waals surface area contributed by atoms with Crippen LogP contribution in [0.4, 0.5) is 14.9 Å². The SMILES string of the molecule is CN(C)c1ccc(C(=O)NC2(c3nc(Br)cs3)CN(C(=O)OC(C)(C)C)C2)c(F)c1. The number of ether oxygens (including phenoxy) is 1. The summed E-state index contributed by atoms with van der Waals surface area (Å²) in [4.78, 5) is 33.0. The van der Waals surface area contributed by atoms with Gasteiger partial charge in [-0.1, -0.05) is 0 Å². The Balaban J connectivity index is 1.82. The van der Waals surface area contributed by atoms with E-state index in [9.17, 15) is 14.0 Å². The Morgan fingerprint density at radius 2 is 2.00 bits per heavy atom.